The molecule has 3 heterocycles. The molecule has 1 aromatic heterocycles. The molecule has 2 aliphatic heterocycles. The summed E-state index contributed by atoms with van der Waals surface area (Å²) in [5.41, 5.74) is 1.58. The van der Waals surface area contributed by atoms with Crippen molar-refractivity contribution < 1.29 is 0 Å². The molecule has 0 radical (unpaired) electrons. The zero-order valence-electron chi connectivity index (χ0n) is 14.1. The Kier molecular flexibility index (Phi) is 5.21. The van der Waals surface area contributed by atoms with Crippen LogP contribution in [0.5, 0.6) is 0 Å². The average Bonchev–Trinajstić information content (AvgIpc) is 2.67. The quantitative estimate of drug-likeness (QED) is 0.316. The van der Waals surface area contributed by atoms with Crippen molar-refractivity contribution in [1.29, 1.82) is 0 Å². The van der Waals surface area contributed by atoms with Crippen molar-refractivity contribution in [1.82, 2.24) is 19.1 Å². The molecule has 0 spiro atoms. The fourth-order valence-electron chi connectivity index (χ4n) is 2.86. The van der Waals surface area contributed by atoms with Gasteiger partial charge in [-0.3, -0.25) is 9.36 Å². The summed E-state index contributed by atoms with van der Waals surface area (Å²) in [6.45, 7) is 0.472. The van der Waals surface area contributed by atoms with Gasteiger partial charge in [-0.1, -0.05) is 40.9 Å². The lowest BCUT2D eigenvalue weighted by Gasteiger charge is -2.16. The van der Waals surface area contributed by atoms with Crippen LogP contribution in [0.2, 0.25) is 15.2 Å². The summed E-state index contributed by atoms with van der Waals surface area (Å²) in [7, 11) is 0. The zero-order valence-corrected chi connectivity index (χ0v) is 17.2. The van der Waals surface area contributed by atoms with Crippen LogP contribution >= 0.6 is 47.0 Å². The lowest BCUT2D eigenvalue weighted by Crippen LogP contribution is -2.25. The van der Waals surface area contributed by atoms with Crippen molar-refractivity contribution in [2.24, 2.45) is 0 Å². The fraction of sp³-hybridized carbons (Fsp3) is 0.0526. The highest BCUT2D eigenvalue weighted by Crippen LogP contribution is 2.25. The molecule has 9 heteroatoms. The topological polar surface area (TPSA) is 52.7 Å². The van der Waals surface area contributed by atoms with Crippen molar-refractivity contribution in [2.45, 2.75) is 6.54 Å². The molecule has 2 aliphatic rings. The van der Waals surface area contributed by atoms with Crippen molar-refractivity contribution >= 4 is 47.0 Å². The Morgan fingerprint density at radius 2 is 1.86 bits per heavy atom. The largest absolute Gasteiger partial charge is 0.328 e. The van der Waals surface area contributed by atoms with Gasteiger partial charge in [-0.2, -0.15) is 0 Å². The molecule has 0 fully saturated rings. The average molecular weight is 450 g/mol. The number of benzene rings is 1. The molecule has 0 bridgehead atoms. The third kappa shape index (κ3) is 3.56. The Bertz CT molecular complexity index is 1270. The molecule has 0 aliphatic carbocycles. The maximum Gasteiger partial charge on any atom is 0.268 e. The van der Waals surface area contributed by atoms with Crippen molar-refractivity contribution in [3.8, 4) is 17.1 Å². The van der Waals surface area contributed by atoms with E-state index in [0.717, 1.165) is 5.56 Å². The zero-order chi connectivity index (χ0) is 19.8. The van der Waals surface area contributed by atoms with Gasteiger partial charge in [0, 0.05) is 12.4 Å². The van der Waals surface area contributed by atoms with Crippen LogP contribution in [-0.2, 0) is 6.54 Å². The highest BCUT2D eigenvalue weighted by Gasteiger charge is 2.17. The number of pyridine rings is 2. The Hall–Kier alpha value is -2.25. The molecule has 0 amide bonds. The third-order valence-electron chi connectivity index (χ3n) is 4.17. The van der Waals surface area contributed by atoms with Crippen molar-refractivity contribution in [2.75, 3.05) is 0 Å². The van der Waals surface area contributed by atoms with E-state index in [2.05, 4.69) is 9.97 Å². The van der Waals surface area contributed by atoms with Gasteiger partial charge in [0.1, 0.15) is 11.0 Å². The first-order valence-electron chi connectivity index (χ1n) is 8.12. The minimum absolute atomic E-state index is 0.130. The number of halogens is 3. The second kappa shape index (κ2) is 7.64. The van der Waals surface area contributed by atoms with Gasteiger partial charge in [-0.05, 0) is 54.2 Å². The number of hydrogen-bond acceptors (Lipinski definition) is 4. The number of fused-ring (bicyclic) bond motifs is 1. The van der Waals surface area contributed by atoms with E-state index in [0.29, 0.717) is 38.8 Å². The highest BCUT2D eigenvalue weighted by molar-refractivity contribution is 7.71. The first-order valence-corrected chi connectivity index (χ1v) is 9.66. The summed E-state index contributed by atoms with van der Waals surface area (Å²) in [4.78, 5) is 21.7. The van der Waals surface area contributed by atoms with Gasteiger partial charge in [0.2, 0.25) is 4.77 Å². The van der Waals surface area contributed by atoms with Gasteiger partial charge in [0.05, 0.1) is 27.8 Å². The van der Waals surface area contributed by atoms with Gasteiger partial charge in [-0.15, -0.1) is 0 Å². The van der Waals surface area contributed by atoms with Crippen LogP contribution in [0.25, 0.3) is 17.1 Å². The highest BCUT2D eigenvalue weighted by atomic mass is 35.5. The van der Waals surface area contributed by atoms with Crippen LogP contribution in [0.3, 0.4) is 0 Å². The molecule has 5 nitrogen and oxygen atoms in total. The first kappa shape index (κ1) is 19.1. The van der Waals surface area contributed by atoms with E-state index in [1.165, 1.54) is 4.57 Å². The Morgan fingerprint density at radius 1 is 1.04 bits per heavy atom. The Labute approximate surface area is 180 Å². The Balaban J connectivity index is 1.87. The van der Waals surface area contributed by atoms with Crippen molar-refractivity contribution in [3.05, 3.63) is 90.7 Å². The monoisotopic (exact) mass is 448 g/mol. The van der Waals surface area contributed by atoms with E-state index in [4.69, 9.17) is 47.0 Å². The molecular weight excluding hydrogens is 439 g/mol. The normalized spacial score (nSPS) is 11.1. The maximum absolute atomic E-state index is 13.1. The summed E-state index contributed by atoms with van der Waals surface area (Å²) in [6.07, 6.45) is 3.52. The minimum atomic E-state index is -0.281. The van der Waals surface area contributed by atoms with Crippen LogP contribution in [0.1, 0.15) is 5.56 Å². The second-order valence-electron chi connectivity index (χ2n) is 6.00. The lowest BCUT2D eigenvalue weighted by atomic mass is 10.2. The summed E-state index contributed by atoms with van der Waals surface area (Å²) in [6, 6.07) is 12.0. The molecule has 0 saturated carbocycles. The van der Waals surface area contributed by atoms with Crippen LogP contribution in [-0.4, -0.2) is 19.1 Å². The van der Waals surface area contributed by atoms with E-state index >= 15 is 0 Å². The van der Waals surface area contributed by atoms with Crippen molar-refractivity contribution in [3.63, 3.8) is 0 Å². The number of nitrogens with zero attached hydrogens (tertiary/aromatic N) is 4. The summed E-state index contributed by atoms with van der Waals surface area (Å²) in [5.74, 6) is 0.490. The van der Waals surface area contributed by atoms with Gasteiger partial charge in [0.25, 0.3) is 5.56 Å². The van der Waals surface area contributed by atoms with Crippen LogP contribution in [0.4, 0.5) is 0 Å². The molecule has 140 valence electrons. The van der Waals surface area contributed by atoms with Gasteiger partial charge >= 0.3 is 0 Å². The maximum atomic E-state index is 13.1. The van der Waals surface area contributed by atoms with Gasteiger partial charge in [-0.25, -0.2) is 9.97 Å². The van der Waals surface area contributed by atoms with Crippen LogP contribution in [0, 0.1) is 4.77 Å². The van der Waals surface area contributed by atoms with E-state index in [9.17, 15) is 4.79 Å². The number of hydrogen-bond donors (Lipinski definition) is 0. The molecule has 2 aromatic rings. The first-order chi connectivity index (χ1) is 13.4. The molecule has 0 saturated heterocycles. The number of rotatable bonds is 3. The third-order valence-corrected chi connectivity index (χ3v) is 5.41. The molecule has 4 rings (SSSR count). The second-order valence-corrected chi connectivity index (χ2v) is 7.56. The predicted molar refractivity (Wildman–Crippen MR) is 114 cm³/mol. The molecule has 1 aromatic carbocycles. The fourth-order valence-corrected chi connectivity index (χ4v) is 3.54. The van der Waals surface area contributed by atoms with Gasteiger partial charge < -0.3 is 4.57 Å². The van der Waals surface area contributed by atoms with Crippen LogP contribution < -0.4 is 5.56 Å². The standard InChI is InChI=1S/C19H11Cl3N4OS/c20-14-5-4-12(8-15(14)21)26-18(27)13-2-1-7-25(17(13)24-19(26)28)10-11-3-6-16(22)23-9-11/h1-9H,10H2. The number of aromatic nitrogens is 4. The lowest BCUT2D eigenvalue weighted by molar-refractivity contribution is 0.758. The van der Waals surface area contributed by atoms with Crippen LogP contribution in [0.15, 0.2) is 59.7 Å². The minimum Gasteiger partial charge on any atom is -0.328 e. The summed E-state index contributed by atoms with van der Waals surface area (Å²) < 4.78 is 3.31. The SMILES string of the molecule is O=c1c2cccn(Cc3ccc(Cl)nc3)c-2nc(=S)n1-c1ccc(Cl)c(Cl)c1. The van der Waals surface area contributed by atoms with Gasteiger partial charge in [0.15, 0.2) is 0 Å². The Morgan fingerprint density at radius 3 is 2.57 bits per heavy atom. The molecule has 0 N–H and O–H groups in total. The summed E-state index contributed by atoms with van der Waals surface area (Å²) in [5, 5.41) is 1.15. The van der Waals surface area contributed by atoms with E-state index in [1.54, 1.807) is 42.6 Å². The molecular formula is C19H11Cl3N4OS. The molecule has 0 unspecified atom stereocenters. The van der Waals surface area contributed by atoms with E-state index in [1.807, 2.05) is 16.8 Å². The molecule has 0 atom stereocenters. The summed E-state index contributed by atoms with van der Waals surface area (Å²) >= 11 is 23.3. The smallest absolute Gasteiger partial charge is 0.268 e. The van der Waals surface area contributed by atoms with E-state index < -0.39 is 0 Å². The van der Waals surface area contributed by atoms with E-state index in [-0.39, 0.29) is 10.3 Å². The molecule has 28 heavy (non-hydrogen) atoms. The predicted octanol–water partition coefficient (Wildman–Crippen LogP) is 5.27.